The van der Waals surface area contributed by atoms with E-state index < -0.39 is 0 Å². The zero-order valence-corrected chi connectivity index (χ0v) is 12.6. The molecule has 4 nitrogen and oxygen atoms in total. The molecule has 2 fully saturated rings. The van der Waals surface area contributed by atoms with Gasteiger partial charge in [0.1, 0.15) is 0 Å². The van der Waals surface area contributed by atoms with Crippen LogP contribution in [0.2, 0.25) is 0 Å². The van der Waals surface area contributed by atoms with Crippen molar-refractivity contribution in [2.75, 3.05) is 26.3 Å². The topological polar surface area (TPSA) is 49.8 Å². The molecule has 1 heterocycles. The number of ether oxygens (including phenoxy) is 1. The number of piperidine rings is 1. The van der Waals surface area contributed by atoms with E-state index in [0.29, 0.717) is 12.5 Å². The summed E-state index contributed by atoms with van der Waals surface area (Å²) in [5.41, 5.74) is 0. The van der Waals surface area contributed by atoms with E-state index in [9.17, 15) is 4.79 Å². The van der Waals surface area contributed by atoms with Crippen LogP contribution in [0.4, 0.5) is 0 Å². The van der Waals surface area contributed by atoms with Crippen molar-refractivity contribution >= 4 is 5.91 Å². The lowest BCUT2D eigenvalue weighted by Gasteiger charge is -2.32. The molecule has 0 atom stereocenters. The highest BCUT2D eigenvalue weighted by atomic mass is 16.5. The van der Waals surface area contributed by atoms with Crippen molar-refractivity contribution in [3.63, 3.8) is 0 Å². The summed E-state index contributed by atoms with van der Waals surface area (Å²) in [5.74, 6) is 1.12. The normalized spacial score (nSPS) is 22.1. The van der Waals surface area contributed by atoms with E-state index in [1.807, 2.05) is 4.90 Å². The third-order valence-electron chi connectivity index (χ3n) is 4.73. The molecule has 1 N–H and O–H groups in total. The van der Waals surface area contributed by atoms with Gasteiger partial charge in [-0.05, 0) is 25.2 Å². The molecule has 116 valence electrons. The van der Waals surface area contributed by atoms with E-state index in [1.165, 1.54) is 32.1 Å². The zero-order valence-electron chi connectivity index (χ0n) is 12.6. The smallest absolute Gasteiger partial charge is 0.222 e. The first kappa shape index (κ1) is 15.8. The van der Waals surface area contributed by atoms with Crippen molar-refractivity contribution in [1.82, 2.24) is 4.90 Å². The van der Waals surface area contributed by atoms with Crippen LogP contribution in [0, 0.1) is 5.92 Å². The number of amides is 1. The maximum atomic E-state index is 12.2. The van der Waals surface area contributed by atoms with Crippen LogP contribution in [0.25, 0.3) is 0 Å². The molecule has 1 saturated heterocycles. The van der Waals surface area contributed by atoms with Gasteiger partial charge in [-0.1, -0.05) is 32.1 Å². The summed E-state index contributed by atoms with van der Waals surface area (Å²) in [5, 5.41) is 8.74. The number of rotatable bonds is 6. The number of carbonyl (C=O) groups is 1. The molecule has 1 saturated carbocycles. The number of hydrogen-bond donors (Lipinski definition) is 1. The van der Waals surface area contributed by atoms with E-state index in [0.717, 1.165) is 44.7 Å². The lowest BCUT2D eigenvalue weighted by atomic mass is 9.86. The summed E-state index contributed by atoms with van der Waals surface area (Å²) in [4.78, 5) is 14.2. The molecule has 4 heteroatoms. The molecular weight excluding hydrogens is 254 g/mol. The van der Waals surface area contributed by atoms with Crippen molar-refractivity contribution in [2.24, 2.45) is 5.92 Å². The molecule has 0 bridgehead atoms. The zero-order chi connectivity index (χ0) is 14.2. The molecule has 1 aliphatic heterocycles. The fourth-order valence-corrected chi connectivity index (χ4v) is 3.45. The average molecular weight is 283 g/mol. The van der Waals surface area contributed by atoms with Crippen LogP contribution in [-0.4, -0.2) is 48.3 Å². The Morgan fingerprint density at radius 2 is 1.80 bits per heavy atom. The van der Waals surface area contributed by atoms with Gasteiger partial charge >= 0.3 is 0 Å². The molecule has 1 amide bonds. The Kier molecular flexibility index (Phi) is 6.80. The molecule has 0 unspecified atom stereocenters. The summed E-state index contributed by atoms with van der Waals surface area (Å²) >= 11 is 0. The van der Waals surface area contributed by atoms with Crippen LogP contribution < -0.4 is 0 Å². The van der Waals surface area contributed by atoms with E-state index in [4.69, 9.17) is 9.84 Å². The predicted octanol–water partition coefficient (Wildman–Crippen LogP) is 2.35. The Bertz CT molecular complexity index is 281. The van der Waals surface area contributed by atoms with E-state index in [1.54, 1.807) is 0 Å². The molecule has 0 aromatic rings. The van der Waals surface area contributed by atoms with Crippen molar-refractivity contribution in [3.05, 3.63) is 0 Å². The fraction of sp³-hybridized carbons (Fsp3) is 0.938. The van der Waals surface area contributed by atoms with Gasteiger partial charge in [-0.25, -0.2) is 0 Å². The third-order valence-corrected chi connectivity index (χ3v) is 4.73. The first-order chi connectivity index (χ1) is 9.79. The molecule has 0 radical (unpaired) electrons. The second kappa shape index (κ2) is 8.63. The molecule has 1 aliphatic carbocycles. The minimum absolute atomic E-state index is 0.0839. The van der Waals surface area contributed by atoms with Crippen molar-refractivity contribution in [1.29, 1.82) is 0 Å². The highest BCUT2D eigenvalue weighted by Gasteiger charge is 2.23. The number of carbonyl (C=O) groups excluding carboxylic acids is 1. The van der Waals surface area contributed by atoms with Gasteiger partial charge in [-0.3, -0.25) is 4.79 Å². The highest BCUT2D eigenvalue weighted by molar-refractivity contribution is 5.76. The summed E-state index contributed by atoms with van der Waals surface area (Å²) in [6.07, 6.45) is 10.6. The predicted molar refractivity (Wildman–Crippen MR) is 78.4 cm³/mol. The average Bonchev–Trinajstić information content (AvgIpc) is 2.52. The van der Waals surface area contributed by atoms with E-state index >= 15 is 0 Å². The molecule has 0 spiro atoms. The SMILES string of the molecule is O=C(CCC1CCCCC1)N1CCC(OCCO)CC1. The van der Waals surface area contributed by atoms with Gasteiger partial charge in [-0.15, -0.1) is 0 Å². The number of aliphatic hydroxyl groups is 1. The second-order valence-electron chi connectivity index (χ2n) is 6.22. The van der Waals surface area contributed by atoms with Crippen LogP contribution in [0.5, 0.6) is 0 Å². The Morgan fingerprint density at radius 3 is 2.45 bits per heavy atom. The quantitative estimate of drug-likeness (QED) is 0.814. The Hall–Kier alpha value is -0.610. The van der Waals surface area contributed by atoms with E-state index in [-0.39, 0.29) is 12.7 Å². The highest BCUT2D eigenvalue weighted by Crippen LogP contribution is 2.27. The minimum Gasteiger partial charge on any atom is -0.394 e. The van der Waals surface area contributed by atoms with Gasteiger partial charge in [0.15, 0.2) is 0 Å². The molecule has 2 aliphatic rings. The third kappa shape index (κ3) is 5.06. The molecule has 0 aromatic carbocycles. The van der Waals surface area contributed by atoms with Gasteiger partial charge in [-0.2, -0.15) is 0 Å². The van der Waals surface area contributed by atoms with Gasteiger partial charge in [0, 0.05) is 19.5 Å². The lowest BCUT2D eigenvalue weighted by molar-refractivity contribution is -0.134. The summed E-state index contributed by atoms with van der Waals surface area (Å²) < 4.78 is 5.53. The first-order valence-electron chi connectivity index (χ1n) is 8.30. The number of hydrogen-bond acceptors (Lipinski definition) is 3. The summed E-state index contributed by atoms with van der Waals surface area (Å²) in [6.45, 7) is 2.14. The molecule has 20 heavy (non-hydrogen) atoms. The van der Waals surface area contributed by atoms with Crippen LogP contribution in [0.15, 0.2) is 0 Å². The molecule has 2 rings (SSSR count). The van der Waals surface area contributed by atoms with E-state index in [2.05, 4.69) is 0 Å². The van der Waals surface area contributed by atoms with Crippen molar-refractivity contribution in [2.45, 2.75) is 63.9 Å². The maximum absolute atomic E-state index is 12.2. The lowest BCUT2D eigenvalue weighted by Crippen LogP contribution is -2.41. The Labute approximate surface area is 122 Å². The van der Waals surface area contributed by atoms with Gasteiger partial charge < -0.3 is 14.7 Å². The second-order valence-corrected chi connectivity index (χ2v) is 6.22. The van der Waals surface area contributed by atoms with Crippen LogP contribution >= 0.6 is 0 Å². The molecular formula is C16H29NO3. The standard InChI is InChI=1S/C16H29NO3/c18-12-13-20-15-8-10-17(11-9-15)16(19)7-6-14-4-2-1-3-5-14/h14-15,18H,1-13H2. The number of nitrogens with zero attached hydrogens (tertiary/aromatic N) is 1. The number of likely N-dealkylation sites (tertiary alicyclic amines) is 1. The summed E-state index contributed by atoms with van der Waals surface area (Å²) in [6, 6.07) is 0. The largest absolute Gasteiger partial charge is 0.394 e. The van der Waals surface area contributed by atoms with Crippen molar-refractivity contribution < 1.29 is 14.6 Å². The Balaban J connectivity index is 1.61. The Morgan fingerprint density at radius 1 is 1.10 bits per heavy atom. The first-order valence-corrected chi connectivity index (χ1v) is 8.30. The monoisotopic (exact) mass is 283 g/mol. The maximum Gasteiger partial charge on any atom is 0.222 e. The van der Waals surface area contributed by atoms with Gasteiger partial charge in [0.25, 0.3) is 0 Å². The van der Waals surface area contributed by atoms with Gasteiger partial charge in [0.05, 0.1) is 19.3 Å². The van der Waals surface area contributed by atoms with Crippen LogP contribution in [-0.2, 0) is 9.53 Å². The van der Waals surface area contributed by atoms with Crippen LogP contribution in [0.1, 0.15) is 57.8 Å². The van der Waals surface area contributed by atoms with Crippen LogP contribution in [0.3, 0.4) is 0 Å². The fourth-order valence-electron chi connectivity index (χ4n) is 3.45. The van der Waals surface area contributed by atoms with Crippen molar-refractivity contribution in [3.8, 4) is 0 Å². The minimum atomic E-state index is 0.0839. The van der Waals surface area contributed by atoms with Gasteiger partial charge in [0.2, 0.25) is 5.91 Å². The summed E-state index contributed by atoms with van der Waals surface area (Å²) in [7, 11) is 0. The molecule has 0 aromatic heterocycles. The number of aliphatic hydroxyl groups excluding tert-OH is 1.